The fraction of sp³-hybridized carbons (Fsp3) is 0.636. The Morgan fingerprint density at radius 2 is 1.68 bits per heavy atom. The molecular formula is C22H36O2Si. The van der Waals surface area contributed by atoms with Crippen molar-refractivity contribution in [3.05, 3.63) is 24.3 Å². The summed E-state index contributed by atoms with van der Waals surface area (Å²) in [5.74, 6) is 12.6. The molecule has 0 aliphatic carbocycles. The lowest BCUT2D eigenvalue weighted by Gasteiger charge is -2.37. The summed E-state index contributed by atoms with van der Waals surface area (Å²) in [5, 5.41) is 9.03. The van der Waals surface area contributed by atoms with Crippen LogP contribution in [0.15, 0.2) is 24.3 Å². The smallest absolute Gasteiger partial charge is 0.193 e. The Morgan fingerprint density at radius 1 is 1.08 bits per heavy atom. The summed E-state index contributed by atoms with van der Waals surface area (Å²) in [5.41, 5.74) is 0. The van der Waals surface area contributed by atoms with Gasteiger partial charge in [0.15, 0.2) is 8.32 Å². The van der Waals surface area contributed by atoms with Gasteiger partial charge >= 0.3 is 0 Å². The maximum Gasteiger partial charge on any atom is 0.193 e. The Labute approximate surface area is 156 Å². The molecule has 0 aromatic carbocycles. The summed E-state index contributed by atoms with van der Waals surface area (Å²) in [7, 11) is -1.84. The van der Waals surface area contributed by atoms with Crippen LogP contribution in [-0.4, -0.2) is 26.1 Å². The molecule has 0 amide bonds. The van der Waals surface area contributed by atoms with Crippen LogP contribution in [0.25, 0.3) is 0 Å². The highest BCUT2D eigenvalue weighted by atomic mass is 28.4. The Hall–Kier alpha value is -1.26. The van der Waals surface area contributed by atoms with Crippen molar-refractivity contribution in [2.24, 2.45) is 5.92 Å². The van der Waals surface area contributed by atoms with Crippen LogP contribution in [0, 0.1) is 29.6 Å². The predicted octanol–water partition coefficient (Wildman–Crippen LogP) is 5.31. The molecule has 2 atom stereocenters. The van der Waals surface area contributed by atoms with Crippen molar-refractivity contribution in [1.29, 1.82) is 0 Å². The van der Waals surface area contributed by atoms with E-state index in [0.29, 0.717) is 6.42 Å². The van der Waals surface area contributed by atoms with Crippen molar-refractivity contribution in [2.45, 2.75) is 78.1 Å². The van der Waals surface area contributed by atoms with Gasteiger partial charge in [-0.25, -0.2) is 0 Å². The number of aliphatic hydroxyl groups excluding tert-OH is 1. The van der Waals surface area contributed by atoms with E-state index >= 15 is 0 Å². The van der Waals surface area contributed by atoms with E-state index in [-0.39, 0.29) is 23.7 Å². The van der Waals surface area contributed by atoms with Crippen LogP contribution in [0.5, 0.6) is 0 Å². The highest BCUT2D eigenvalue weighted by Gasteiger charge is 2.38. The maximum absolute atomic E-state index is 8.85. The maximum atomic E-state index is 8.85. The van der Waals surface area contributed by atoms with Crippen LogP contribution >= 0.6 is 0 Å². The lowest BCUT2D eigenvalue weighted by atomic mass is 10.1. The molecule has 0 aromatic heterocycles. The molecule has 0 rings (SSSR count). The summed E-state index contributed by atoms with van der Waals surface area (Å²) >= 11 is 0. The van der Waals surface area contributed by atoms with E-state index in [0.717, 1.165) is 12.8 Å². The SMILES string of the molecule is CC/C=C\C[C@@H](C#C/C=C\C#C[C@@H](C)CCO)O[Si](C)(C)C(C)(C)C. The van der Waals surface area contributed by atoms with Gasteiger partial charge in [-0.1, -0.05) is 70.5 Å². The van der Waals surface area contributed by atoms with Gasteiger partial charge in [-0.2, -0.15) is 0 Å². The summed E-state index contributed by atoms with van der Waals surface area (Å²) < 4.78 is 6.44. The van der Waals surface area contributed by atoms with Gasteiger partial charge in [0, 0.05) is 18.9 Å². The zero-order chi connectivity index (χ0) is 19.3. The van der Waals surface area contributed by atoms with Crippen molar-refractivity contribution < 1.29 is 9.53 Å². The standard InChI is InChI=1S/C22H36O2Si/c1-8-9-12-16-21(24-25(6,7)22(3,4)5)17-14-11-10-13-15-20(2)18-19-23/h9-12,20-21,23H,8,16,18-19H2,1-7H3/b11-10-,12-9-/t20-,21+/m1/s1. The number of aliphatic hydroxyl groups is 1. The van der Waals surface area contributed by atoms with Gasteiger partial charge in [0.2, 0.25) is 0 Å². The lowest BCUT2D eigenvalue weighted by molar-refractivity contribution is 0.236. The fourth-order valence-electron chi connectivity index (χ4n) is 1.74. The Kier molecular flexibility index (Phi) is 11.5. The largest absolute Gasteiger partial charge is 0.403 e. The first kappa shape index (κ1) is 23.7. The zero-order valence-corrected chi connectivity index (χ0v) is 18.1. The third-order valence-corrected chi connectivity index (χ3v) is 8.87. The van der Waals surface area contributed by atoms with Crippen LogP contribution in [0.2, 0.25) is 18.1 Å². The molecule has 0 saturated heterocycles. The molecule has 0 fully saturated rings. The minimum absolute atomic E-state index is 0.0744. The van der Waals surface area contributed by atoms with Gasteiger partial charge in [0.05, 0.1) is 0 Å². The lowest BCUT2D eigenvalue weighted by Crippen LogP contribution is -2.43. The molecule has 1 N–H and O–H groups in total. The highest BCUT2D eigenvalue weighted by Crippen LogP contribution is 2.37. The van der Waals surface area contributed by atoms with Gasteiger partial charge in [-0.3, -0.25) is 0 Å². The molecule has 0 spiro atoms. The van der Waals surface area contributed by atoms with E-state index < -0.39 is 8.32 Å². The van der Waals surface area contributed by atoms with E-state index in [2.05, 4.69) is 76.6 Å². The van der Waals surface area contributed by atoms with Gasteiger partial charge in [-0.15, -0.1) is 0 Å². The molecule has 0 saturated carbocycles. The fourth-order valence-corrected chi connectivity index (χ4v) is 2.96. The van der Waals surface area contributed by atoms with Gasteiger partial charge in [0.25, 0.3) is 0 Å². The predicted molar refractivity (Wildman–Crippen MR) is 112 cm³/mol. The van der Waals surface area contributed by atoms with Crippen LogP contribution in [0.1, 0.15) is 53.9 Å². The second kappa shape index (κ2) is 12.1. The molecule has 3 heteroatoms. The van der Waals surface area contributed by atoms with Gasteiger partial charge in [0.1, 0.15) is 6.10 Å². The summed E-state index contributed by atoms with van der Waals surface area (Å²) in [4.78, 5) is 0. The molecule has 0 unspecified atom stereocenters. The highest BCUT2D eigenvalue weighted by molar-refractivity contribution is 6.74. The van der Waals surface area contributed by atoms with E-state index in [1.54, 1.807) is 12.2 Å². The quantitative estimate of drug-likeness (QED) is 0.378. The molecule has 0 bridgehead atoms. The average molecular weight is 361 g/mol. The molecule has 0 aromatic rings. The second-order valence-electron chi connectivity index (χ2n) is 7.81. The van der Waals surface area contributed by atoms with Crippen molar-refractivity contribution in [3.8, 4) is 23.7 Å². The topological polar surface area (TPSA) is 29.5 Å². The summed E-state index contributed by atoms with van der Waals surface area (Å²) in [6.45, 7) is 15.6. The second-order valence-corrected chi connectivity index (χ2v) is 12.6. The van der Waals surface area contributed by atoms with Crippen LogP contribution in [0.3, 0.4) is 0 Å². The Bertz CT molecular complexity index is 545. The molecule has 2 nitrogen and oxygen atoms in total. The first-order valence-corrected chi connectivity index (χ1v) is 12.2. The zero-order valence-electron chi connectivity index (χ0n) is 17.1. The number of hydrogen-bond acceptors (Lipinski definition) is 2. The monoisotopic (exact) mass is 360 g/mol. The molecule has 0 radical (unpaired) electrons. The molecule has 25 heavy (non-hydrogen) atoms. The average Bonchev–Trinajstić information content (AvgIpc) is 2.49. The molecular weight excluding hydrogens is 324 g/mol. The van der Waals surface area contributed by atoms with Crippen molar-refractivity contribution in [3.63, 3.8) is 0 Å². The Balaban J connectivity index is 4.94. The first-order chi connectivity index (χ1) is 11.6. The molecule has 0 aliphatic rings. The van der Waals surface area contributed by atoms with Crippen molar-refractivity contribution >= 4 is 8.32 Å². The third kappa shape index (κ3) is 11.1. The summed E-state index contributed by atoms with van der Waals surface area (Å²) in [6.07, 6.45) is 10.4. The van der Waals surface area contributed by atoms with E-state index in [1.807, 2.05) is 6.92 Å². The summed E-state index contributed by atoms with van der Waals surface area (Å²) in [6, 6.07) is 0. The van der Waals surface area contributed by atoms with Crippen LogP contribution in [-0.2, 0) is 4.43 Å². The van der Waals surface area contributed by atoms with Crippen molar-refractivity contribution in [1.82, 2.24) is 0 Å². The van der Waals surface area contributed by atoms with E-state index in [1.165, 1.54) is 0 Å². The third-order valence-electron chi connectivity index (χ3n) is 4.38. The number of hydrogen-bond donors (Lipinski definition) is 1. The Morgan fingerprint density at radius 3 is 2.20 bits per heavy atom. The van der Waals surface area contributed by atoms with Crippen LogP contribution < -0.4 is 0 Å². The molecule has 0 aliphatic heterocycles. The van der Waals surface area contributed by atoms with Crippen LogP contribution in [0.4, 0.5) is 0 Å². The first-order valence-electron chi connectivity index (χ1n) is 9.24. The molecule has 140 valence electrons. The number of allylic oxidation sites excluding steroid dienone is 3. The van der Waals surface area contributed by atoms with Gasteiger partial charge in [-0.05, 0) is 43.1 Å². The van der Waals surface area contributed by atoms with E-state index in [4.69, 9.17) is 9.53 Å². The molecule has 0 heterocycles. The number of rotatable bonds is 7. The van der Waals surface area contributed by atoms with Crippen molar-refractivity contribution in [2.75, 3.05) is 6.61 Å². The van der Waals surface area contributed by atoms with E-state index in [9.17, 15) is 0 Å². The van der Waals surface area contributed by atoms with Gasteiger partial charge < -0.3 is 9.53 Å². The minimum Gasteiger partial charge on any atom is -0.403 e. The minimum atomic E-state index is -1.84. The normalized spacial score (nSPS) is 14.7.